The van der Waals surface area contributed by atoms with Crippen LogP contribution in [-0.2, 0) is 6.54 Å². The van der Waals surface area contributed by atoms with Crippen LogP contribution in [0.5, 0.6) is 5.75 Å². The molecule has 23 heavy (non-hydrogen) atoms. The number of nitrogens with zero attached hydrogens (tertiary/aromatic N) is 1. The van der Waals surface area contributed by atoms with Crippen molar-refractivity contribution < 1.29 is 27.8 Å². The third kappa shape index (κ3) is 5.02. The van der Waals surface area contributed by atoms with Crippen molar-refractivity contribution in [2.24, 2.45) is 5.92 Å². The highest BCUT2D eigenvalue weighted by Gasteiger charge is 2.31. The molecular weight excluding hydrogens is 313 g/mol. The minimum absolute atomic E-state index is 0.155. The molecule has 1 aromatic rings. The van der Waals surface area contributed by atoms with Gasteiger partial charge in [0.05, 0.1) is 12.6 Å². The summed E-state index contributed by atoms with van der Waals surface area (Å²) >= 11 is 0. The minimum Gasteiger partial charge on any atom is -0.434 e. The Bertz CT molecular complexity index is 553. The summed E-state index contributed by atoms with van der Waals surface area (Å²) in [6.07, 6.45) is 1.30. The summed E-state index contributed by atoms with van der Waals surface area (Å²) in [6.45, 7) is -3.21. The molecule has 1 unspecified atom stereocenters. The summed E-state index contributed by atoms with van der Waals surface area (Å²) in [5.41, 5.74) is -0.155. The zero-order valence-electron chi connectivity index (χ0n) is 12.6. The van der Waals surface area contributed by atoms with Gasteiger partial charge in [0, 0.05) is 19.2 Å². The molecule has 1 aliphatic rings. The first-order valence-electron chi connectivity index (χ1n) is 7.27. The van der Waals surface area contributed by atoms with E-state index < -0.39 is 24.6 Å². The number of hydrogen-bond acceptors (Lipinski definition) is 3. The highest BCUT2D eigenvalue weighted by molar-refractivity contribution is 5.74. The van der Waals surface area contributed by atoms with Crippen LogP contribution in [0, 0.1) is 11.7 Å². The van der Waals surface area contributed by atoms with Crippen molar-refractivity contribution in [2.75, 3.05) is 13.6 Å². The maximum atomic E-state index is 13.7. The van der Waals surface area contributed by atoms with Crippen LogP contribution >= 0.6 is 0 Å². The summed E-state index contributed by atoms with van der Waals surface area (Å²) in [7, 11) is 1.50. The molecule has 2 amide bonds. The fourth-order valence-electron chi connectivity index (χ4n) is 2.21. The maximum Gasteiger partial charge on any atom is 0.387 e. The third-order valence-corrected chi connectivity index (χ3v) is 3.68. The SMILES string of the molecule is CN(CC(O)C1CC1)C(=O)NCc1c(F)cccc1OC(F)F. The van der Waals surface area contributed by atoms with E-state index >= 15 is 0 Å². The Morgan fingerprint density at radius 3 is 2.78 bits per heavy atom. The molecule has 1 saturated carbocycles. The first kappa shape index (κ1) is 17.4. The van der Waals surface area contributed by atoms with Crippen molar-refractivity contribution in [3.8, 4) is 5.75 Å². The van der Waals surface area contributed by atoms with E-state index in [1.54, 1.807) is 0 Å². The summed E-state index contributed by atoms with van der Waals surface area (Å²) < 4.78 is 42.6. The summed E-state index contributed by atoms with van der Waals surface area (Å²) in [4.78, 5) is 13.2. The molecule has 0 aliphatic heterocycles. The van der Waals surface area contributed by atoms with Gasteiger partial charge < -0.3 is 20.1 Å². The third-order valence-electron chi connectivity index (χ3n) is 3.68. The summed E-state index contributed by atoms with van der Waals surface area (Å²) in [6, 6.07) is 3.02. The molecule has 0 heterocycles. The van der Waals surface area contributed by atoms with Crippen molar-refractivity contribution in [1.82, 2.24) is 10.2 Å². The van der Waals surface area contributed by atoms with Gasteiger partial charge in [-0.1, -0.05) is 6.07 Å². The average Bonchev–Trinajstić information content (AvgIpc) is 3.30. The number of amides is 2. The smallest absolute Gasteiger partial charge is 0.387 e. The van der Waals surface area contributed by atoms with Crippen LogP contribution < -0.4 is 10.1 Å². The molecule has 1 aliphatic carbocycles. The lowest BCUT2D eigenvalue weighted by Crippen LogP contribution is -2.41. The second kappa shape index (κ2) is 7.54. The lowest BCUT2D eigenvalue weighted by atomic mass is 10.2. The second-order valence-corrected chi connectivity index (χ2v) is 5.54. The molecular formula is C15H19F3N2O3. The minimum atomic E-state index is -3.08. The van der Waals surface area contributed by atoms with E-state index in [2.05, 4.69) is 10.1 Å². The number of aliphatic hydroxyl groups is 1. The van der Waals surface area contributed by atoms with Crippen molar-refractivity contribution in [3.63, 3.8) is 0 Å². The molecule has 2 rings (SSSR count). The van der Waals surface area contributed by atoms with Gasteiger partial charge in [0.1, 0.15) is 11.6 Å². The first-order valence-corrected chi connectivity index (χ1v) is 7.27. The van der Waals surface area contributed by atoms with Gasteiger partial charge in [-0.05, 0) is 30.9 Å². The molecule has 0 bridgehead atoms. The van der Waals surface area contributed by atoms with Crippen LogP contribution in [0.2, 0.25) is 0 Å². The van der Waals surface area contributed by atoms with Gasteiger partial charge in [0.25, 0.3) is 0 Å². The van der Waals surface area contributed by atoms with E-state index in [0.29, 0.717) is 0 Å². The molecule has 1 aromatic carbocycles. The topological polar surface area (TPSA) is 61.8 Å². The fraction of sp³-hybridized carbons (Fsp3) is 0.533. The Hall–Kier alpha value is -1.96. The van der Waals surface area contributed by atoms with Crippen LogP contribution in [0.15, 0.2) is 18.2 Å². The number of carbonyl (C=O) groups excluding carboxylic acids is 1. The zero-order chi connectivity index (χ0) is 17.0. The Balaban J connectivity index is 1.92. The van der Waals surface area contributed by atoms with E-state index in [-0.39, 0.29) is 30.3 Å². The van der Waals surface area contributed by atoms with Crippen molar-refractivity contribution in [1.29, 1.82) is 0 Å². The molecule has 2 N–H and O–H groups in total. The second-order valence-electron chi connectivity index (χ2n) is 5.54. The van der Waals surface area contributed by atoms with Crippen LogP contribution in [0.3, 0.4) is 0 Å². The molecule has 0 saturated heterocycles. The summed E-state index contributed by atoms with van der Waals surface area (Å²) in [5.74, 6) is -0.840. The maximum absolute atomic E-state index is 13.7. The van der Waals surface area contributed by atoms with Crippen molar-refractivity contribution >= 4 is 6.03 Å². The molecule has 0 aromatic heterocycles. The van der Waals surface area contributed by atoms with E-state index in [0.717, 1.165) is 18.9 Å². The number of rotatable bonds is 7. The number of halogens is 3. The van der Waals surface area contributed by atoms with Gasteiger partial charge in [0.15, 0.2) is 0 Å². The monoisotopic (exact) mass is 332 g/mol. The van der Waals surface area contributed by atoms with E-state index in [4.69, 9.17) is 0 Å². The number of urea groups is 1. The van der Waals surface area contributed by atoms with Gasteiger partial charge in [-0.25, -0.2) is 9.18 Å². The number of likely N-dealkylation sites (N-methyl/N-ethyl adjacent to an activating group) is 1. The molecule has 8 heteroatoms. The van der Waals surface area contributed by atoms with Crippen LogP contribution in [-0.4, -0.2) is 42.3 Å². The highest BCUT2D eigenvalue weighted by Crippen LogP contribution is 2.32. The quantitative estimate of drug-likeness (QED) is 0.806. The van der Waals surface area contributed by atoms with Crippen molar-refractivity contribution in [2.45, 2.75) is 32.1 Å². The summed E-state index contributed by atoms with van der Waals surface area (Å²) in [5, 5.41) is 12.2. The first-order chi connectivity index (χ1) is 10.9. The predicted octanol–water partition coefficient (Wildman–Crippen LogP) is 2.34. The molecule has 128 valence electrons. The fourth-order valence-corrected chi connectivity index (χ4v) is 2.21. The van der Waals surface area contributed by atoms with Gasteiger partial charge in [-0.3, -0.25) is 0 Å². The van der Waals surface area contributed by atoms with Crippen molar-refractivity contribution in [3.05, 3.63) is 29.6 Å². The number of aliphatic hydroxyl groups excluding tert-OH is 1. The van der Waals surface area contributed by atoms with Crippen LogP contribution in [0.4, 0.5) is 18.0 Å². The Morgan fingerprint density at radius 1 is 1.48 bits per heavy atom. The highest BCUT2D eigenvalue weighted by atomic mass is 19.3. The van der Waals surface area contributed by atoms with Gasteiger partial charge >= 0.3 is 12.6 Å². The lowest BCUT2D eigenvalue weighted by molar-refractivity contribution is -0.0506. The molecule has 0 spiro atoms. The zero-order valence-corrected chi connectivity index (χ0v) is 12.6. The number of carbonyl (C=O) groups is 1. The van der Waals surface area contributed by atoms with E-state index in [1.807, 2.05) is 0 Å². The Labute approximate surface area is 132 Å². The Kier molecular flexibility index (Phi) is 5.70. The largest absolute Gasteiger partial charge is 0.434 e. The molecule has 1 fully saturated rings. The van der Waals surface area contributed by atoms with E-state index in [1.165, 1.54) is 24.1 Å². The van der Waals surface area contributed by atoms with E-state index in [9.17, 15) is 23.1 Å². The average molecular weight is 332 g/mol. The van der Waals surface area contributed by atoms with Crippen LogP contribution in [0.1, 0.15) is 18.4 Å². The van der Waals surface area contributed by atoms with Crippen LogP contribution in [0.25, 0.3) is 0 Å². The number of hydrogen-bond donors (Lipinski definition) is 2. The van der Waals surface area contributed by atoms with Gasteiger partial charge in [-0.15, -0.1) is 0 Å². The number of alkyl halides is 2. The van der Waals surface area contributed by atoms with Gasteiger partial charge in [0.2, 0.25) is 0 Å². The Morgan fingerprint density at radius 2 is 2.17 bits per heavy atom. The molecule has 0 radical (unpaired) electrons. The standard InChI is InChI=1S/C15H19F3N2O3/c1-20(8-12(21)9-5-6-9)15(22)19-7-10-11(16)3-2-4-13(10)23-14(17)18/h2-4,9,12,14,21H,5-8H2,1H3,(H,19,22). The van der Waals surface area contributed by atoms with Gasteiger partial charge in [-0.2, -0.15) is 8.78 Å². The number of nitrogens with one attached hydrogen (secondary N) is 1. The predicted molar refractivity (Wildman–Crippen MR) is 76.6 cm³/mol. The molecule has 1 atom stereocenters. The number of benzene rings is 1. The molecule has 5 nitrogen and oxygen atoms in total. The lowest BCUT2D eigenvalue weighted by Gasteiger charge is -2.21. The number of ether oxygens (including phenoxy) is 1. The normalized spacial score (nSPS) is 15.4.